The first-order valence-corrected chi connectivity index (χ1v) is 10.8. The predicted molar refractivity (Wildman–Crippen MR) is 121 cm³/mol. The number of halogens is 2. The summed E-state index contributed by atoms with van der Waals surface area (Å²) in [4.78, 5) is 24.8. The second kappa shape index (κ2) is 8.37. The lowest BCUT2D eigenvalue weighted by Gasteiger charge is -2.04. The zero-order chi connectivity index (χ0) is 22.3. The first kappa shape index (κ1) is 21.4. The van der Waals surface area contributed by atoms with Gasteiger partial charge in [0.05, 0.1) is 35.1 Å². The highest BCUT2D eigenvalue weighted by atomic mass is 35.5. The van der Waals surface area contributed by atoms with E-state index in [1.165, 1.54) is 18.4 Å². The lowest BCUT2D eigenvalue weighted by Crippen LogP contribution is -2.10. The van der Waals surface area contributed by atoms with Crippen molar-refractivity contribution in [3.8, 4) is 0 Å². The van der Waals surface area contributed by atoms with Gasteiger partial charge in [0.25, 0.3) is 5.91 Å². The highest BCUT2D eigenvalue weighted by molar-refractivity contribution is 7.21. The van der Waals surface area contributed by atoms with Crippen LogP contribution in [-0.4, -0.2) is 28.8 Å². The number of hydrogen-bond donors (Lipinski definition) is 1. The van der Waals surface area contributed by atoms with Crippen LogP contribution in [0.5, 0.6) is 0 Å². The highest BCUT2D eigenvalue weighted by Gasteiger charge is 2.19. The number of methoxy groups -OCH3 is 1. The summed E-state index contributed by atoms with van der Waals surface area (Å²) in [5.74, 6) is -0.144. The van der Waals surface area contributed by atoms with E-state index < -0.39 is 11.9 Å². The molecule has 0 spiro atoms. The molecule has 0 fully saturated rings. The van der Waals surface area contributed by atoms with Crippen LogP contribution < -0.4 is 5.32 Å². The van der Waals surface area contributed by atoms with Gasteiger partial charge in [-0.1, -0.05) is 23.2 Å². The van der Waals surface area contributed by atoms with Gasteiger partial charge in [-0.3, -0.25) is 9.48 Å². The maximum Gasteiger partial charge on any atom is 0.349 e. The summed E-state index contributed by atoms with van der Waals surface area (Å²) in [6, 6.07) is 8.54. The first-order chi connectivity index (χ1) is 14.8. The molecule has 0 unspecified atom stereocenters. The van der Waals surface area contributed by atoms with Gasteiger partial charge in [0.1, 0.15) is 10.6 Å². The minimum absolute atomic E-state index is 0.169. The van der Waals surface area contributed by atoms with E-state index >= 15 is 0 Å². The summed E-state index contributed by atoms with van der Waals surface area (Å²) in [7, 11) is 1.30. The van der Waals surface area contributed by atoms with Crippen LogP contribution in [0.3, 0.4) is 0 Å². The second-order valence-corrected chi connectivity index (χ2v) is 8.62. The Morgan fingerprint density at radius 3 is 2.65 bits per heavy atom. The molecule has 1 amide bonds. The smallest absolute Gasteiger partial charge is 0.349 e. The van der Waals surface area contributed by atoms with Gasteiger partial charge in [-0.2, -0.15) is 5.10 Å². The number of ether oxygens (including phenoxy) is 1. The molecule has 31 heavy (non-hydrogen) atoms. The van der Waals surface area contributed by atoms with Crippen molar-refractivity contribution in [3.63, 3.8) is 0 Å². The molecule has 3 heterocycles. The van der Waals surface area contributed by atoms with Crippen molar-refractivity contribution in [2.75, 3.05) is 12.4 Å². The van der Waals surface area contributed by atoms with Crippen LogP contribution in [0.15, 0.2) is 34.7 Å². The molecule has 160 valence electrons. The highest BCUT2D eigenvalue weighted by Crippen LogP contribution is 2.37. The van der Waals surface area contributed by atoms with E-state index in [0.717, 1.165) is 16.1 Å². The molecule has 4 aromatic rings. The minimum Gasteiger partial charge on any atom is -0.465 e. The Morgan fingerprint density at radius 1 is 1.19 bits per heavy atom. The van der Waals surface area contributed by atoms with Gasteiger partial charge < -0.3 is 14.5 Å². The van der Waals surface area contributed by atoms with Gasteiger partial charge >= 0.3 is 5.97 Å². The topological polar surface area (TPSA) is 86.4 Å². The van der Waals surface area contributed by atoms with Crippen molar-refractivity contribution in [1.29, 1.82) is 0 Å². The quantitative estimate of drug-likeness (QED) is 0.372. The SMILES string of the molecule is COC(=O)c1sc2cc(NC(=O)c3ccc(Cn4nc(C)c(Cl)c4C)o3)ccc2c1Cl. The molecule has 0 aliphatic rings. The van der Waals surface area contributed by atoms with E-state index in [9.17, 15) is 9.59 Å². The number of benzene rings is 1. The van der Waals surface area contributed by atoms with Gasteiger partial charge in [-0.25, -0.2) is 4.79 Å². The number of aryl methyl sites for hydroxylation is 1. The molecule has 1 N–H and O–H groups in total. The van der Waals surface area contributed by atoms with E-state index in [1.807, 2.05) is 13.8 Å². The van der Waals surface area contributed by atoms with Crippen molar-refractivity contribution in [2.24, 2.45) is 0 Å². The number of aromatic nitrogens is 2. The maximum absolute atomic E-state index is 12.6. The fraction of sp³-hybridized carbons (Fsp3) is 0.190. The third kappa shape index (κ3) is 4.06. The molecule has 0 aliphatic heterocycles. The van der Waals surface area contributed by atoms with E-state index in [1.54, 1.807) is 35.0 Å². The summed E-state index contributed by atoms with van der Waals surface area (Å²) in [5, 5.41) is 8.83. The molecule has 4 rings (SSSR count). The minimum atomic E-state index is -0.496. The zero-order valence-electron chi connectivity index (χ0n) is 16.8. The Labute approximate surface area is 191 Å². The third-order valence-corrected chi connectivity index (χ3v) is 6.93. The second-order valence-electron chi connectivity index (χ2n) is 6.81. The van der Waals surface area contributed by atoms with Crippen molar-refractivity contribution in [1.82, 2.24) is 9.78 Å². The van der Waals surface area contributed by atoms with Crippen LogP contribution in [0.2, 0.25) is 10.0 Å². The van der Waals surface area contributed by atoms with Gasteiger partial charge in [-0.05, 0) is 44.2 Å². The standard InChI is InChI=1S/C21H17Cl2N3O4S/c1-10-17(22)11(2)26(25-10)9-13-5-7-15(30-13)20(27)24-12-4-6-14-16(8-12)31-19(18(14)23)21(28)29-3/h4-8H,9H2,1-3H3,(H,24,27). The molecule has 0 saturated heterocycles. The fourth-order valence-electron chi connectivity index (χ4n) is 3.12. The number of thiophene rings is 1. The van der Waals surface area contributed by atoms with E-state index in [0.29, 0.717) is 38.3 Å². The molecule has 1 aromatic carbocycles. The Bertz CT molecular complexity index is 1320. The monoisotopic (exact) mass is 477 g/mol. The number of amides is 1. The molecule has 0 atom stereocenters. The fourth-order valence-corrected chi connectivity index (χ4v) is 4.72. The number of anilines is 1. The van der Waals surface area contributed by atoms with Crippen LogP contribution in [0, 0.1) is 13.8 Å². The number of carbonyl (C=O) groups is 2. The predicted octanol–water partition coefficient (Wildman–Crippen LogP) is 5.70. The van der Waals surface area contributed by atoms with Crippen LogP contribution >= 0.6 is 34.5 Å². The van der Waals surface area contributed by atoms with E-state index in [-0.39, 0.29) is 5.76 Å². The van der Waals surface area contributed by atoms with Crippen LogP contribution in [0.4, 0.5) is 5.69 Å². The van der Waals surface area contributed by atoms with Crippen LogP contribution in [0.25, 0.3) is 10.1 Å². The zero-order valence-corrected chi connectivity index (χ0v) is 19.1. The lowest BCUT2D eigenvalue weighted by molar-refractivity contribution is 0.0606. The average Bonchev–Trinajstić information content (AvgIpc) is 3.41. The summed E-state index contributed by atoms with van der Waals surface area (Å²) in [5.41, 5.74) is 2.12. The van der Waals surface area contributed by atoms with Gasteiger partial charge in [0.15, 0.2) is 5.76 Å². The number of carbonyl (C=O) groups excluding carboxylic acids is 2. The molecule has 7 nitrogen and oxygen atoms in total. The molecule has 10 heteroatoms. The van der Waals surface area contributed by atoms with Gasteiger partial charge in [-0.15, -0.1) is 11.3 Å². The third-order valence-electron chi connectivity index (χ3n) is 4.74. The Kier molecular flexibility index (Phi) is 5.79. The van der Waals surface area contributed by atoms with Crippen LogP contribution in [0.1, 0.15) is 37.4 Å². The lowest BCUT2D eigenvalue weighted by atomic mass is 10.2. The maximum atomic E-state index is 12.6. The summed E-state index contributed by atoms with van der Waals surface area (Å²) < 4.78 is 12.9. The van der Waals surface area contributed by atoms with Crippen molar-refractivity contribution in [2.45, 2.75) is 20.4 Å². The normalized spacial score (nSPS) is 11.1. The Morgan fingerprint density at radius 2 is 1.97 bits per heavy atom. The number of nitrogens with zero attached hydrogens (tertiary/aromatic N) is 2. The van der Waals surface area contributed by atoms with Crippen molar-refractivity contribution in [3.05, 3.63) is 68.2 Å². The summed E-state index contributed by atoms with van der Waals surface area (Å²) >= 11 is 13.6. The van der Waals surface area contributed by atoms with E-state index in [2.05, 4.69) is 10.4 Å². The molecule has 0 saturated carbocycles. The molecule has 0 aliphatic carbocycles. The summed E-state index contributed by atoms with van der Waals surface area (Å²) in [6.07, 6.45) is 0. The molecular weight excluding hydrogens is 461 g/mol. The van der Waals surface area contributed by atoms with Gasteiger partial charge in [0.2, 0.25) is 0 Å². The first-order valence-electron chi connectivity index (χ1n) is 9.18. The summed E-state index contributed by atoms with van der Waals surface area (Å²) in [6.45, 7) is 4.07. The Balaban J connectivity index is 1.51. The average molecular weight is 478 g/mol. The molecule has 0 bridgehead atoms. The number of rotatable bonds is 5. The largest absolute Gasteiger partial charge is 0.465 e. The molecule has 0 radical (unpaired) electrons. The van der Waals surface area contributed by atoms with Crippen molar-refractivity contribution >= 4 is 62.2 Å². The van der Waals surface area contributed by atoms with Crippen molar-refractivity contribution < 1.29 is 18.7 Å². The number of hydrogen-bond acceptors (Lipinski definition) is 6. The Hall–Kier alpha value is -2.81. The number of furan rings is 1. The molecule has 3 aromatic heterocycles. The molecular formula is C21H17Cl2N3O4S. The van der Waals surface area contributed by atoms with Crippen LogP contribution in [-0.2, 0) is 11.3 Å². The number of esters is 1. The number of fused-ring (bicyclic) bond motifs is 1. The van der Waals surface area contributed by atoms with Gasteiger partial charge in [0, 0.05) is 15.8 Å². The van der Waals surface area contributed by atoms with E-state index in [4.69, 9.17) is 32.4 Å². The number of nitrogens with one attached hydrogen (secondary N) is 1.